The highest BCUT2D eigenvalue weighted by Crippen LogP contribution is 2.35. The number of carbonyl (C=O) groups is 1. The molecule has 1 atom stereocenters. The van der Waals surface area contributed by atoms with E-state index in [-0.39, 0.29) is 16.3 Å². The molecule has 0 saturated heterocycles. The lowest BCUT2D eigenvalue weighted by molar-refractivity contribution is -0.142. The molecule has 2 aromatic carbocycles. The fourth-order valence-electron chi connectivity index (χ4n) is 3.05. The van der Waals surface area contributed by atoms with Crippen LogP contribution in [0.4, 0.5) is 18.9 Å². The average molecular weight is 489 g/mol. The van der Waals surface area contributed by atoms with Gasteiger partial charge in [-0.3, -0.25) is 4.79 Å². The van der Waals surface area contributed by atoms with Gasteiger partial charge in [0, 0.05) is 16.8 Å². The van der Waals surface area contributed by atoms with E-state index < -0.39 is 44.5 Å². The molecule has 0 unspecified atom stereocenters. The molecule has 0 spiro atoms. The van der Waals surface area contributed by atoms with Crippen molar-refractivity contribution in [3.05, 3.63) is 70.4 Å². The van der Waals surface area contributed by atoms with Crippen molar-refractivity contribution in [1.82, 2.24) is 10.2 Å². The molecule has 3 rings (SSSR count). The molecule has 0 radical (unpaired) electrons. The van der Waals surface area contributed by atoms with Crippen LogP contribution in [0.5, 0.6) is 11.6 Å². The van der Waals surface area contributed by atoms with Crippen LogP contribution in [0.1, 0.15) is 32.7 Å². The third-order valence-corrected chi connectivity index (χ3v) is 5.89. The number of alkyl halides is 3. The number of hydrogen-bond donors (Lipinski definition) is 2. The summed E-state index contributed by atoms with van der Waals surface area (Å²) in [4.78, 5) is 13.2. The van der Waals surface area contributed by atoms with Gasteiger partial charge in [0.25, 0.3) is 11.8 Å². The number of nitriles is 1. The van der Waals surface area contributed by atoms with Crippen molar-refractivity contribution in [3.8, 4) is 17.7 Å². The van der Waals surface area contributed by atoms with E-state index in [1.165, 1.54) is 48.7 Å². The topological polar surface area (TPSA) is 129 Å². The molecule has 2 N–H and O–H groups in total. The Hall–Kier alpha value is -3.98. The van der Waals surface area contributed by atoms with E-state index in [9.17, 15) is 22.2 Å². The van der Waals surface area contributed by atoms with Gasteiger partial charge < -0.3 is 10.1 Å². The second kappa shape index (κ2) is 9.11. The molecule has 8 nitrogen and oxygen atoms in total. The zero-order valence-electron chi connectivity index (χ0n) is 18.1. The van der Waals surface area contributed by atoms with Crippen molar-refractivity contribution in [2.45, 2.75) is 24.9 Å². The summed E-state index contributed by atoms with van der Waals surface area (Å²) in [5.41, 5.74) is -1.39. The van der Waals surface area contributed by atoms with Crippen LogP contribution in [0.15, 0.2) is 47.4 Å². The Morgan fingerprint density at radius 2 is 1.88 bits per heavy atom. The summed E-state index contributed by atoms with van der Waals surface area (Å²) in [5.74, 6) is -1.26. The molecule has 3 aromatic rings. The monoisotopic (exact) mass is 489 g/mol. The van der Waals surface area contributed by atoms with Gasteiger partial charge >= 0.3 is 6.18 Å². The smallest absolute Gasteiger partial charge is 0.435 e. The number of benzene rings is 2. The Morgan fingerprint density at radius 1 is 1.18 bits per heavy atom. The first-order valence-electron chi connectivity index (χ1n) is 9.59. The highest BCUT2D eigenvalue weighted by molar-refractivity contribution is 7.91. The Morgan fingerprint density at radius 3 is 2.47 bits per heavy atom. The van der Waals surface area contributed by atoms with Gasteiger partial charge in [-0.05, 0) is 61.4 Å². The normalized spacial score (nSPS) is 13.0. The predicted octanol–water partition coefficient (Wildman–Crippen LogP) is 5.06. The summed E-state index contributed by atoms with van der Waals surface area (Å²) in [6, 6.07) is 12.0. The molecule has 0 aliphatic heterocycles. The number of aromatic nitrogens is 2. The molecule has 0 saturated carbocycles. The zero-order chi connectivity index (χ0) is 25.3. The van der Waals surface area contributed by atoms with Crippen molar-refractivity contribution >= 4 is 21.3 Å². The van der Waals surface area contributed by atoms with Gasteiger partial charge in [0.1, 0.15) is 11.3 Å². The molecular formula is C22H18F3N5O3S. The molecule has 176 valence electrons. The van der Waals surface area contributed by atoms with Gasteiger partial charge in [0.05, 0.1) is 21.4 Å². The maximum absolute atomic E-state index is 13.5. The van der Waals surface area contributed by atoms with Crippen molar-refractivity contribution in [2.75, 3.05) is 11.6 Å². The van der Waals surface area contributed by atoms with Gasteiger partial charge in [0.2, 0.25) is 0 Å². The average Bonchev–Trinajstić information content (AvgIpc) is 2.73. The summed E-state index contributed by atoms with van der Waals surface area (Å²) in [6.45, 7) is 2.69. The first-order chi connectivity index (χ1) is 15.8. The van der Waals surface area contributed by atoms with Gasteiger partial charge in [-0.15, -0.1) is 10.2 Å². The third kappa shape index (κ3) is 5.32. The highest BCUT2D eigenvalue weighted by atomic mass is 32.2. The number of halogens is 3. The highest BCUT2D eigenvalue weighted by Gasteiger charge is 2.38. The summed E-state index contributed by atoms with van der Waals surface area (Å²) < 4.78 is 65.7. The molecule has 1 aromatic heterocycles. The maximum Gasteiger partial charge on any atom is 0.435 e. The number of hydrogen-bond acceptors (Lipinski definition) is 7. The Labute approximate surface area is 193 Å². The minimum atomic E-state index is -4.87. The lowest BCUT2D eigenvalue weighted by Gasteiger charge is -2.17. The zero-order valence-corrected chi connectivity index (χ0v) is 19.0. The van der Waals surface area contributed by atoms with E-state index in [1.807, 2.05) is 6.07 Å². The SMILES string of the molecule is Cc1cc(C#N)ccc1Oc1nnc(C(F)(F)F)c(C)c1C(=O)Nc1cccc([S@](C)(=N)=O)c1. The number of rotatable bonds is 5. The Bertz CT molecular complexity index is 1430. The van der Waals surface area contributed by atoms with Crippen LogP contribution >= 0.6 is 0 Å². The van der Waals surface area contributed by atoms with Crippen LogP contribution in [0.2, 0.25) is 0 Å². The summed E-state index contributed by atoms with van der Waals surface area (Å²) in [7, 11) is -3.09. The van der Waals surface area contributed by atoms with Gasteiger partial charge in [-0.25, -0.2) is 8.99 Å². The van der Waals surface area contributed by atoms with Crippen LogP contribution in [0.3, 0.4) is 0 Å². The number of nitrogens with zero attached hydrogens (tertiary/aromatic N) is 3. The molecule has 34 heavy (non-hydrogen) atoms. The lowest BCUT2D eigenvalue weighted by Crippen LogP contribution is -2.21. The van der Waals surface area contributed by atoms with Crippen molar-refractivity contribution in [3.63, 3.8) is 0 Å². The standard InChI is InChI=1S/C22H18F3N5O3S/c1-12-9-14(11-26)7-8-17(12)33-21-18(13(2)19(29-30-21)22(23,24)25)20(31)28-15-5-4-6-16(10-15)34(3,27)32/h4-10,27H,1-3H3,(H,28,31)/t34-/m1/s1. The first kappa shape index (κ1) is 24.7. The van der Waals surface area contributed by atoms with Gasteiger partial charge in [-0.1, -0.05) is 6.07 Å². The summed E-state index contributed by atoms with van der Waals surface area (Å²) >= 11 is 0. The number of nitrogens with one attached hydrogen (secondary N) is 2. The summed E-state index contributed by atoms with van der Waals surface area (Å²) in [6.07, 6.45) is -3.67. The number of carbonyl (C=O) groups excluding carboxylic acids is 1. The molecule has 0 fully saturated rings. The van der Waals surface area contributed by atoms with E-state index in [0.717, 1.165) is 6.92 Å². The minimum absolute atomic E-state index is 0.120. The number of aryl methyl sites for hydroxylation is 1. The quantitative estimate of drug-likeness (QED) is 0.515. The van der Waals surface area contributed by atoms with E-state index in [0.29, 0.717) is 11.1 Å². The van der Waals surface area contributed by atoms with Crippen LogP contribution in [0.25, 0.3) is 0 Å². The van der Waals surface area contributed by atoms with E-state index >= 15 is 0 Å². The van der Waals surface area contributed by atoms with Crippen molar-refractivity contribution in [2.24, 2.45) is 0 Å². The molecular weight excluding hydrogens is 471 g/mol. The van der Waals surface area contributed by atoms with E-state index in [1.54, 1.807) is 6.92 Å². The molecule has 0 aliphatic carbocycles. The number of amides is 1. The van der Waals surface area contributed by atoms with Crippen LogP contribution < -0.4 is 10.1 Å². The van der Waals surface area contributed by atoms with E-state index in [2.05, 4.69) is 15.5 Å². The fourth-order valence-corrected chi connectivity index (χ4v) is 3.74. The fraction of sp³-hybridized carbons (Fsp3) is 0.182. The van der Waals surface area contributed by atoms with Crippen LogP contribution in [-0.2, 0) is 15.9 Å². The maximum atomic E-state index is 13.5. The molecule has 1 amide bonds. The number of ether oxygens (including phenoxy) is 1. The second-order valence-corrected chi connectivity index (χ2v) is 9.53. The minimum Gasteiger partial charge on any atom is -0.437 e. The second-order valence-electron chi connectivity index (χ2n) is 7.37. The first-order valence-corrected chi connectivity index (χ1v) is 11.6. The lowest BCUT2D eigenvalue weighted by atomic mass is 10.1. The Balaban J connectivity index is 2.08. The molecule has 0 aliphatic rings. The van der Waals surface area contributed by atoms with E-state index in [4.69, 9.17) is 14.8 Å². The summed E-state index contributed by atoms with van der Waals surface area (Å²) in [5, 5.41) is 18.2. The van der Waals surface area contributed by atoms with Gasteiger partial charge in [0.15, 0.2) is 5.69 Å². The van der Waals surface area contributed by atoms with Crippen molar-refractivity contribution < 1.29 is 26.9 Å². The largest absolute Gasteiger partial charge is 0.437 e. The van der Waals surface area contributed by atoms with Crippen LogP contribution in [-0.4, -0.2) is 26.6 Å². The molecule has 12 heteroatoms. The van der Waals surface area contributed by atoms with Gasteiger partial charge in [-0.2, -0.15) is 18.4 Å². The molecule has 0 bridgehead atoms. The third-order valence-electron chi connectivity index (χ3n) is 4.73. The van der Waals surface area contributed by atoms with Crippen LogP contribution in [0, 0.1) is 30.0 Å². The molecule has 1 heterocycles. The Kier molecular flexibility index (Phi) is 6.60. The number of anilines is 1. The predicted molar refractivity (Wildman–Crippen MR) is 117 cm³/mol. The van der Waals surface area contributed by atoms with Crippen molar-refractivity contribution in [1.29, 1.82) is 10.0 Å².